The van der Waals surface area contributed by atoms with E-state index >= 15 is 0 Å². The molecule has 4 rings (SSSR count). The summed E-state index contributed by atoms with van der Waals surface area (Å²) >= 11 is 0. The first-order valence-electron chi connectivity index (χ1n) is 10.4. The molecule has 31 heavy (non-hydrogen) atoms. The maximum Gasteiger partial charge on any atom is 0.169 e. The topological polar surface area (TPSA) is 69.1 Å². The Morgan fingerprint density at radius 1 is 1.29 bits per heavy atom. The van der Waals surface area contributed by atoms with Crippen LogP contribution in [0.25, 0.3) is 10.9 Å². The lowest BCUT2D eigenvalue weighted by Gasteiger charge is -2.33. The number of allylic oxidation sites excluding steroid dienone is 4. The molecule has 1 aromatic carbocycles. The number of rotatable bonds is 1. The van der Waals surface area contributed by atoms with Gasteiger partial charge in [0.2, 0.25) is 0 Å². The van der Waals surface area contributed by atoms with Crippen LogP contribution in [0.3, 0.4) is 0 Å². The number of nitrogens with one attached hydrogen (secondary N) is 1. The van der Waals surface area contributed by atoms with Gasteiger partial charge in [-0.25, -0.2) is 0 Å². The number of aromatic nitrogens is 1. The molecule has 1 aliphatic carbocycles. The number of hydrogen-bond acceptors (Lipinski definition) is 4. The SMILES string of the molecule is C#CC1=CCC(=O)c2c([nH]c3cc(C#N)ccc23)C(C)(C)C(=C)C=C1N1CCOCC1. The van der Waals surface area contributed by atoms with Crippen LogP contribution in [0.1, 0.15) is 41.9 Å². The molecule has 0 amide bonds. The molecular weight excluding hydrogens is 386 g/mol. The number of aromatic amines is 1. The highest BCUT2D eigenvalue weighted by Gasteiger charge is 2.33. The number of ketones is 1. The fourth-order valence-corrected chi connectivity index (χ4v) is 4.21. The van der Waals surface area contributed by atoms with E-state index in [1.807, 2.05) is 18.2 Å². The third-order valence-electron chi connectivity index (χ3n) is 6.22. The number of nitriles is 1. The molecule has 0 saturated carbocycles. The molecule has 1 aliphatic heterocycles. The number of H-pyrrole nitrogens is 1. The Hall–Kier alpha value is -3.54. The fraction of sp³-hybridized carbons (Fsp3) is 0.308. The summed E-state index contributed by atoms with van der Waals surface area (Å²) in [7, 11) is 0. The molecule has 156 valence electrons. The van der Waals surface area contributed by atoms with Crippen molar-refractivity contribution in [2.75, 3.05) is 26.3 Å². The summed E-state index contributed by atoms with van der Waals surface area (Å²) in [5, 5.41) is 10.1. The molecule has 2 aromatic rings. The number of Topliss-reactive ketones (excluding diaryl/α,β-unsaturated/α-hetero) is 1. The van der Waals surface area contributed by atoms with Crippen molar-refractivity contribution >= 4 is 16.7 Å². The standard InChI is InChI=1S/C26H25N3O2/c1-5-19-7-9-23(30)24-20-8-6-18(16-27)15-21(20)28-25(24)26(3,4)17(2)14-22(19)29-10-12-31-13-11-29/h1,6-8,14-15,28H,2,9-13H2,3-4H3. The second kappa shape index (κ2) is 7.95. The number of hydrogen-bond donors (Lipinski definition) is 1. The van der Waals surface area contributed by atoms with Crippen LogP contribution in [0, 0.1) is 23.7 Å². The van der Waals surface area contributed by atoms with Crippen LogP contribution in [0.2, 0.25) is 0 Å². The third kappa shape index (κ3) is 3.58. The van der Waals surface area contributed by atoms with Crippen LogP contribution >= 0.6 is 0 Å². The van der Waals surface area contributed by atoms with Crippen LogP contribution in [-0.2, 0) is 10.2 Å². The number of carbonyl (C=O) groups is 1. The molecule has 0 unspecified atom stereocenters. The summed E-state index contributed by atoms with van der Waals surface area (Å²) in [4.78, 5) is 19.0. The van der Waals surface area contributed by atoms with Crippen LogP contribution in [0.4, 0.5) is 0 Å². The van der Waals surface area contributed by atoms with Crippen molar-refractivity contribution in [2.45, 2.75) is 25.7 Å². The largest absolute Gasteiger partial charge is 0.378 e. The number of nitrogens with zero attached hydrogens (tertiary/aromatic N) is 2. The van der Waals surface area contributed by atoms with Gasteiger partial charge in [0.15, 0.2) is 5.78 Å². The van der Waals surface area contributed by atoms with E-state index in [0.29, 0.717) is 29.9 Å². The highest BCUT2D eigenvalue weighted by atomic mass is 16.5. The zero-order chi connectivity index (χ0) is 22.2. The smallest absolute Gasteiger partial charge is 0.169 e. The molecule has 5 nitrogen and oxygen atoms in total. The van der Waals surface area contributed by atoms with Gasteiger partial charge in [-0.1, -0.05) is 38.5 Å². The second-order valence-electron chi connectivity index (χ2n) is 8.42. The molecule has 2 aliphatic rings. The number of terminal acetylenes is 1. The van der Waals surface area contributed by atoms with Crippen LogP contribution in [0.5, 0.6) is 0 Å². The zero-order valence-electron chi connectivity index (χ0n) is 17.9. The average molecular weight is 412 g/mol. The number of carbonyl (C=O) groups excluding carboxylic acids is 1. The van der Waals surface area contributed by atoms with E-state index in [-0.39, 0.29) is 12.2 Å². The van der Waals surface area contributed by atoms with Crippen LogP contribution in [0.15, 0.2) is 53.8 Å². The fourth-order valence-electron chi connectivity index (χ4n) is 4.21. The van der Waals surface area contributed by atoms with E-state index in [1.165, 1.54) is 0 Å². The van der Waals surface area contributed by atoms with E-state index in [0.717, 1.165) is 41.0 Å². The van der Waals surface area contributed by atoms with E-state index in [2.05, 4.69) is 42.3 Å². The highest BCUT2D eigenvalue weighted by Crippen LogP contribution is 2.39. The third-order valence-corrected chi connectivity index (χ3v) is 6.22. The van der Waals surface area contributed by atoms with Gasteiger partial charge in [-0.2, -0.15) is 5.26 Å². The van der Waals surface area contributed by atoms with Gasteiger partial charge in [0.1, 0.15) is 0 Å². The summed E-state index contributed by atoms with van der Waals surface area (Å²) in [6.07, 6.45) is 9.95. The molecule has 1 saturated heterocycles. The Bertz CT molecular complexity index is 1220. The predicted octanol–water partition coefficient (Wildman–Crippen LogP) is 4.24. The summed E-state index contributed by atoms with van der Waals surface area (Å²) in [6.45, 7) is 11.2. The zero-order valence-corrected chi connectivity index (χ0v) is 17.9. The number of fused-ring (bicyclic) bond motifs is 3. The molecule has 1 N–H and O–H groups in total. The lowest BCUT2D eigenvalue weighted by molar-refractivity contribution is 0.0549. The quantitative estimate of drug-likeness (QED) is 0.713. The summed E-state index contributed by atoms with van der Waals surface area (Å²) in [5.41, 5.74) is 4.67. The monoisotopic (exact) mass is 411 g/mol. The van der Waals surface area contributed by atoms with Crippen LogP contribution in [-0.4, -0.2) is 42.0 Å². The lowest BCUT2D eigenvalue weighted by atomic mass is 9.77. The summed E-state index contributed by atoms with van der Waals surface area (Å²) < 4.78 is 5.50. The summed E-state index contributed by atoms with van der Waals surface area (Å²) in [5.74, 6) is 2.77. The van der Waals surface area contributed by atoms with Gasteiger partial charge in [0.05, 0.1) is 30.5 Å². The Balaban J connectivity index is 1.93. The molecule has 0 spiro atoms. The van der Waals surface area contributed by atoms with E-state index in [9.17, 15) is 10.1 Å². The lowest BCUT2D eigenvalue weighted by Crippen LogP contribution is -2.36. The van der Waals surface area contributed by atoms with Crippen molar-refractivity contribution in [3.05, 3.63) is 70.6 Å². The van der Waals surface area contributed by atoms with E-state index in [1.54, 1.807) is 12.1 Å². The molecular formula is C26H25N3O2. The molecule has 0 radical (unpaired) electrons. The second-order valence-corrected chi connectivity index (χ2v) is 8.42. The molecule has 0 atom stereocenters. The van der Waals surface area contributed by atoms with Gasteiger partial charge in [0.25, 0.3) is 0 Å². The maximum absolute atomic E-state index is 13.4. The summed E-state index contributed by atoms with van der Waals surface area (Å²) in [6, 6.07) is 7.52. The van der Waals surface area contributed by atoms with Crippen molar-refractivity contribution in [3.8, 4) is 18.4 Å². The Labute approximate surface area is 182 Å². The average Bonchev–Trinajstić information content (AvgIpc) is 3.18. The van der Waals surface area contributed by atoms with Gasteiger partial charge in [-0.3, -0.25) is 4.79 Å². The van der Waals surface area contributed by atoms with Gasteiger partial charge in [-0.15, -0.1) is 6.42 Å². The molecule has 5 heteroatoms. The minimum atomic E-state index is -0.550. The van der Waals surface area contributed by atoms with Gasteiger partial charge >= 0.3 is 0 Å². The van der Waals surface area contributed by atoms with Crippen molar-refractivity contribution in [1.82, 2.24) is 9.88 Å². The molecule has 1 fully saturated rings. The predicted molar refractivity (Wildman–Crippen MR) is 122 cm³/mol. The molecule has 1 aromatic heterocycles. The number of ether oxygens (including phenoxy) is 1. The maximum atomic E-state index is 13.4. The van der Waals surface area contributed by atoms with Crippen LogP contribution < -0.4 is 0 Å². The first-order valence-corrected chi connectivity index (χ1v) is 10.4. The van der Waals surface area contributed by atoms with E-state index in [4.69, 9.17) is 11.2 Å². The molecule has 0 bridgehead atoms. The number of benzene rings is 1. The Morgan fingerprint density at radius 3 is 2.71 bits per heavy atom. The minimum Gasteiger partial charge on any atom is -0.378 e. The Morgan fingerprint density at radius 2 is 2.03 bits per heavy atom. The number of morpholine rings is 1. The first kappa shape index (κ1) is 20.7. The molecule has 2 heterocycles. The van der Waals surface area contributed by atoms with Crippen molar-refractivity contribution in [2.24, 2.45) is 0 Å². The van der Waals surface area contributed by atoms with E-state index < -0.39 is 5.41 Å². The highest BCUT2D eigenvalue weighted by molar-refractivity contribution is 6.10. The first-order chi connectivity index (χ1) is 14.9. The van der Waals surface area contributed by atoms with Crippen molar-refractivity contribution in [3.63, 3.8) is 0 Å². The van der Waals surface area contributed by atoms with Gasteiger partial charge in [0, 0.05) is 52.7 Å². The normalized spacial score (nSPS) is 19.2. The minimum absolute atomic E-state index is 0.0113. The van der Waals surface area contributed by atoms with Crippen molar-refractivity contribution in [1.29, 1.82) is 5.26 Å². The Kier molecular flexibility index (Phi) is 5.31. The van der Waals surface area contributed by atoms with Crippen molar-refractivity contribution < 1.29 is 9.53 Å². The van der Waals surface area contributed by atoms with Gasteiger partial charge < -0.3 is 14.6 Å². The van der Waals surface area contributed by atoms with Gasteiger partial charge in [-0.05, 0) is 23.8 Å².